The standard InChI is InChI=1S/C21H18ClN3O2/c22-19-20(24-16-7-3-2-6-15(16)23-19)25-11-9-21(10-12-25)13-17(26)14-5-1-4-8-18(14)27-21/h1-8H,9-13H2. The Morgan fingerprint density at radius 3 is 2.41 bits per heavy atom. The topological polar surface area (TPSA) is 55.3 Å². The lowest BCUT2D eigenvalue weighted by molar-refractivity contribution is 0.0231. The van der Waals surface area contributed by atoms with Crippen LogP contribution in [0.5, 0.6) is 5.75 Å². The number of hydrogen-bond donors (Lipinski definition) is 0. The second-order valence-electron chi connectivity index (χ2n) is 7.19. The van der Waals surface area contributed by atoms with Crippen LogP contribution >= 0.6 is 11.6 Å². The highest BCUT2D eigenvalue weighted by atomic mass is 35.5. The molecule has 0 bridgehead atoms. The predicted octanol–water partition coefficient (Wildman–Crippen LogP) is 4.29. The van der Waals surface area contributed by atoms with Crippen LogP contribution < -0.4 is 9.64 Å². The molecule has 0 saturated carbocycles. The smallest absolute Gasteiger partial charge is 0.172 e. The number of hydrogen-bond acceptors (Lipinski definition) is 5. The Kier molecular flexibility index (Phi) is 3.79. The Labute approximate surface area is 161 Å². The number of para-hydroxylation sites is 3. The first kappa shape index (κ1) is 16.5. The Morgan fingerprint density at radius 2 is 1.63 bits per heavy atom. The Hall–Kier alpha value is -2.66. The van der Waals surface area contributed by atoms with Crippen molar-refractivity contribution in [2.24, 2.45) is 0 Å². The summed E-state index contributed by atoms with van der Waals surface area (Å²) in [6.45, 7) is 1.45. The van der Waals surface area contributed by atoms with E-state index >= 15 is 0 Å². The molecule has 1 aromatic heterocycles. The average molecular weight is 380 g/mol. The second-order valence-corrected chi connectivity index (χ2v) is 7.55. The molecule has 2 aromatic carbocycles. The number of ketones is 1. The van der Waals surface area contributed by atoms with Gasteiger partial charge in [-0.25, -0.2) is 9.97 Å². The van der Waals surface area contributed by atoms with E-state index < -0.39 is 5.60 Å². The van der Waals surface area contributed by atoms with Crippen LogP contribution in [0, 0.1) is 0 Å². The minimum absolute atomic E-state index is 0.161. The number of nitrogens with zero attached hydrogens (tertiary/aromatic N) is 3. The van der Waals surface area contributed by atoms with E-state index in [9.17, 15) is 4.79 Å². The number of benzene rings is 2. The molecule has 0 aliphatic carbocycles. The monoisotopic (exact) mass is 379 g/mol. The molecule has 5 rings (SSSR count). The zero-order chi connectivity index (χ0) is 18.4. The van der Waals surface area contributed by atoms with Crippen LogP contribution in [0.15, 0.2) is 48.5 Å². The minimum atomic E-state index is -0.432. The fourth-order valence-corrected chi connectivity index (χ4v) is 4.27. The number of Topliss-reactive ketones (excluding diaryl/α,β-unsaturated/α-hetero) is 1. The molecular weight excluding hydrogens is 362 g/mol. The van der Waals surface area contributed by atoms with E-state index in [0.29, 0.717) is 28.7 Å². The number of halogens is 1. The number of carbonyl (C=O) groups excluding carboxylic acids is 1. The summed E-state index contributed by atoms with van der Waals surface area (Å²) in [6, 6.07) is 15.2. The molecule has 136 valence electrons. The van der Waals surface area contributed by atoms with E-state index in [2.05, 4.69) is 9.88 Å². The molecule has 3 heterocycles. The Balaban J connectivity index is 1.39. The molecule has 0 atom stereocenters. The van der Waals surface area contributed by atoms with Gasteiger partial charge >= 0.3 is 0 Å². The molecule has 1 fully saturated rings. The number of ether oxygens (including phenoxy) is 1. The highest BCUT2D eigenvalue weighted by Crippen LogP contribution is 2.40. The van der Waals surface area contributed by atoms with Crippen LogP contribution in [-0.2, 0) is 0 Å². The van der Waals surface area contributed by atoms with Crippen molar-refractivity contribution in [3.63, 3.8) is 0 Å². The summed E-state index contributed by atoms with van der Waals surface area (Å²) in [5.41, 5.74) is 1.88. The molecule has 27 heavy (non-hydrogen) atoms. The summed E-state index contributed by atoms with van der Waals surface area (Å²) in [6.07, 6.45) is 1.92. The van der Waals surface area contributed by atoms with Crippen LogP contribution in [0.25, 0.3) is 11.0 Å². The van der Waals surface area contributed by atoms with Gasteiger partial charge < -0.3 is 9.64 Å². The summed E-state index contributed by atoms with van der Waals surface area (Å²) in [4.78, 5) is 23.9. The van der Waals surface area contributed by atoms with Gasteiger partial charge in [-0.1, -0.05) is 35.9 Å². The van der Waals surface area contributed by atoms with Gasteiger partial charge in [-0.2, -0.15) is 0 Å². The first-order chi connectivity index (χ1) is 13.1. The van der Waals surface area contributed by atoms with Crippen molar-refractivity contribution in [1.29, 1.82) is 0 Å². The molecule has 0 radical (unpaired) electrons. The van der Waals surface area contributed by atoms with Gasteiger partial charge in [0.25, 0.3) is 0 Å². The molecule has 1 spiro atoms. The fraction of sp³-hybridized carbons (Fsp3) is 0.286. The van der Waals surface area contributed by atoms with Gasteiger partial charge in [0.05, 0.1) is 23.0 Å². The number of anilines is 1. The minimum Gasteiger partial charge on any atom is -0.486 e. The molecule has 2 aliphatic heterocycles. The van der Waals surface area contributed by atoms with Gasteiger partial charge in [-0.3, -0.25) is 4.79 Å². The molecule has 1 saturated heterocycles. The lowest BCUT2D eigenvalue weighted by Gasteiger charge is -2.44. The van der Waals surface area contributed by atoms with Gasteiger partial charge in [-0.05, 0) is 24.3 Å². The van der Waals surface area contributed by atoms with Gasteiger partial charge in [0.1, 0.15) is 11.4 Å². The zero-order valence-corrected chi connectivity index (χ0v) is 15.4. The zero-order valence-electron chi connectivity index (χ0n) is 14.7. The molecule has 6 heteroatoms. The van der Waals surface area contributed by atoms with E-state index in [1.54, 1.807) is 0 Å². The van der Waals surface area contributed by atoms with Crippen molar-refractivity contribution in [1.82, 2.24) is 9.97 Å². The van der Waals surface area contributed by atoms with E-state index in [1.807, 2.05) is 48.5 Å². The highest BCUT2D eigenvalue weighted by molar-refractivity contribution is 6.32. The molecular formula is C21H18ClN3O2. The maximum atomic E-state index is 12.6. The predicted molar refractivity (Wildman–Crippen MR) is 105 cm³/mol. The van der Waals surface area contributed by atoms with Crippen LogP contribution in [0.4, 0.5) is 5.82 Å². The van der Waals surface area contributed by atoms with Crippen molar-refractivity contribution in [2.45, 2.75) is 24.9 Å². The molecule has 3 aromatic rings. The largest absolute Gasteiger partial charge is 0.486 e. The van der Waals surface area contributed by atoms with Crippen molar-refractivity contribution >= 4 is 34.2 Å². The third-order valence-corrected chi connectivity index (χ3v) is 5.74. The second kappa shape index (κ2) is 6.20. The quantitative estimate of drug-likeness (QED) is 0.631. The van der Waals surface area contributed by atoms with Crippen molar-refractivity contribution in [2.75, 3.05) is 18.0 Å². The third kappa shape index (κ3) is 2.82. The number of fused-ring (bicyclic) bond motifs is 2. The van der Waals surface area contributed by atoms with Crippen molar-refractivity contribution < 1.29 is 9.53 Å². The molecule has 0 unspecified atom stereocenters. The van der Waals surface area contributed by atoms with E-state index in [0.717, 1.165) is 37.0 Å². The molecule has 0 amide bonds. The first-order valence-electron chi connectivity index (χ1n) is 9.12. The fourth-order valence-electron chi connectivity index (χ4n) is 4.02. The van der Waals surface area contributed by atoms with E-state index in [4.69, 9.17) is 21.3 Å². The molecule has 0 N–H and O–H groups in total. The molecule has 5 nitrogen and oxygen atoms in total. The normalized spacial score (nSPS) is 18.4. The lowest BCUT2D eigenvalue weighted by Crippen LogP contribution is -2.51. The van der Waals surface area contributed by atoms with Crippen molar-refractivity contribution in [3.8, 4) is 5.75 Å². The summed E-state index contributed by atoms with van der Waals surface area (Å²) < 4.78 is 6.30. The van der Waals surface area contributed by atoms with Gasteiger partial charge in [0, 0.05) is 25.9 Å². The van der Waals surface area contributed by atoms with Gasteiger partial charge in [0.15, 0.2) is 16.8 Å². The van der Waals surface area contributed by atoms with Crippen LogP contribution in [0.2, 0.25) is 5.15 Å². The maximum absolute atomic E-state index is 12.6. The van der Waals surface area contributed by atoms with Crippen LogP contribution in [0.1, 0.15) is 29.6 Å². The molecule has 2 aliphatic rings. The van der Waals surface area contributed by atoms with Crippen LogP contribution in [0.3, 0.4) is 0 Å². The van der Waals surface area contributed by atoms with E-state index in [-0.39, 0.29) is 5.78 Å². The Bertz CT molecular complexity index is 1040. The highest BCUT2D eigenvalue weighted by Gasteiger charge is 2.43. The van der Waals surface area contributed by atoms with Gasteiger partial charge in [-0.15, -0.1) is 0 Å². The Morgan fingerprint density at radius 1 is 0.963 bits per heavy atom. The summed E-state index contributed by atoms with van der Waals surface area (Å²) >= 11 is 6.40. The average Bonchev–Trinajstić information content (AvgIpc) is 2.68. The summed E-state index contributed by atoms with van der Waals surface area (Å²) in [5.74, 6) is 1.56. The van der Waals surface area contributed by atoms with Gasteiger partial charge in [0.2, 0.25) is 0 Å². The summed E-state index contributed by atoms with van der Waals surface area (Å²) in [5, 5.41) is 0.413. The number of rotatable bonds is 1. The first-order valence-corrected chi connectivity index (χ1v) is 9.50. The maximum Gasteiger partial charge on any atom is 0.172 e. The van der Waals surface area contributed by atoms with Crippen LogP contribution in [-0.4, -0.2) is 34.4 Å². The number of piperidine rings is 1. The lowest BCUT2D eigenvalue weighted by atomic mass is 9.82. The van der Waals surface area contributed by atoms with E-state index in [1.165, 1.54) is 0 Å². The van der Waals surface area contributed by atoms with Crippen molar-refractivity contribution in [3.05, 3.63) is 59.2 Å². The number of carbonyl (C=O) groups is 1. The SMILES string of the molecule is O=C1CC2(CCN(c3nc4ccccc4nc3Cl)CC2)Oc2ccccc21. The third-order valence-electron chi connectivity index (χ3n) is 5.48. The summed E-state index contributed by atoms with van der Waals surface area (Å²) in [7, 11) is 0. The number of aromatic nitrogens is 2.